The highest BCUT2D eigenvalue weighted by Gasteiger charge is 2.31. The number of carbonyl (C=O) groups excluding carboxylic acids is 1. The predicted molar refractivity (Wildman–Crippen MR) is 91.0 cm³/mol. The van der Waals surface area contributed by atoms with E-state index in [-0.39, 0.29) is 18.2 Å². The van der Waals surface area contributed by atoms with E-state index >= 15 is 0 Å². The van der Waals surface area contributed by atoms with Crippen molar-refractivity contribution in [2.45, 2.75) is 25.6 Å². The smallest absolute Gasteiger partial charge is 0.422 e. The second-order valence-corrected chi connectivity index (χ2v) is 6.27. The fourth-order valence-corrected chi connectivity index (χ4v) is 2.85. The molecule has 0 saturated heterocycles. The van der Waals surface area contributed by atoms with Gasteiger partial charge >= 0.3 is 12.1 Å². The quantitative estimate of drug-likeness (QED) is 0.854. The van der Waals surface area contributed by atoms with E-state index in [1.807, 2.05) is 0 Å². The van der Waals surface area contributed by atoms with Gasteiger partial charge in [-0.05, 0) is 48.4 Å². The summed E-state index contributed by atoms with van der Waals surface area (Å²) in [6.07, 6.45) is -4.43. The van der Waals surface area contributed by atoms with E-state index in [0.717, 1.165) is 0 Å². The number of ether oxygens (including phenoxy) is 1. The lowest BCUT2D eigenvalue weighted by Gasteiger charge is -2.16. The van der Waals surface area contributed by atoms with Crippen LogP contribution in [0.1, 0.15) is 34.3 Å². The Hall–Kier alpha value is -3.03. The van der Waals surface area contributed by atoms with E-state index in [9.17, 15) is 22.8 Å². The van der Waals surface area contributed by atoms with Gasteiger partial charge in [-0.15, -0.1) is 0 Å². The molecule has 0 spiro atoms. The van der Waals surface area contributed by atoms with Gasteiger partial charge in [0.05, 0.1) is 12.5 Å². The van der Waals surface area contributed by atoms with Crippen LogP contribution >= 0.6 is 0 Å². The van der Waals surface area contributed by atoms with Crippen molar-refractivity contribution in [2.24, 2.45) is 0 Å². The molecule has 2 aromatic carbocycles. The van der Waals surface area contributed by atoms with Gasteiger partial charge in [0.1, 0.15) is 5.75 Å². The van der Waals surface area contributed by atoms with Gasteiger partial charge in [-0.25, -0.2) is 0 Å². The van der Waals surface area contributed by atoms with Crippen LogP contribution in [0.5, 0.6) is 5.75 Å². The van der Waals surface area contributed by atoms with Gasteiger partial charge in [0.2, 0.25) is 0 Å². The molecule has 1 aliphatic heterocycles. The van der Waals surface area contributed by atoms with Crippen LogP contribution in [0.2, 0.25) is 0 Å². The SMILES string of the molecule is CC(C(=O)O)c1ccc(N2Cc3cc(OCC(F)(F)F)ccc3C2=O)cc1. The zero-order chi connectivity index (χ0) is 19.8. The number of aliphatic carboxylic acids is 1. The molecule has 1 N–H and O–H groups in total. The summed E-state index contributed by atoms with van der Waals surface area (Å²) in [4.78, 5) is 25.1. The number of carboxylic acid groups (broad SMARTS) is 1. The maximum Gasteiger partial charge on any atom is 0.422 e. The average Bonchev–Trinajstić information content (AvgIpc) is 2.95. The third-order valence-corrected chi connectivity index (χ3v) is 4.36. The van der Waals surface area contributed by atoms with Crippen LogP contribution in [-0.4, -0.2) is 29.8 Å². The molecule has 0 radical (unpaired) electrons. The highest BCUT2D eigenvalue weighted by Crippen LogP contribution is 2.32. The number of nitrogens with zero attached hydrogens (tertiary/aromatic N) is 1. The molecule has 8 heteroatoms. The highest BCUT2D eigenvalue weighted by molar-refractivity contribution is 6.10. The number of amides is 1. The number of hydrogen-bond acceptors (Lipinski definition) is 3. The van der Waals surface area contributed by atoms with Crippen LogP contribution in [0.3, 0.4) is 0 Å². The molecule has 27 heavy (non-hydrogen) atoms. The lowest BCUT2D eigenvalue weighted by Crippen LogP contribution is -2.23. The van der Waals surface area contributed by atoms with Gasteiger partial charge in [-0.1, -0.05) is 12.1 Å². The number of halogens is 3. The molecular formula is C19H16F3NO4. The number of carbonyl (C=O) groups is 2. The van der Waals surface area contributed by atoms with Crippen LogP contribution in [0, 0.1) is 0 Å². The van der Waals surface area contributed by atoms with Crippen molar-refractivity contribution in [1.82, 2.24) is 0 Å². The van der Waals surface area contributed by atoms with Crippen LogP contribution in [0.4, 0.5) is 18.9 Å². The summed E-state index contributed by atoms with van der Waals surface area (Å²) in [5.41, 5.74) is 2.16. The molecule has 142 valence electrons. The molecule has 3 rings (SSSR count). The minimum absolute atomic E-state index is 0.0476. The molecule has 1 aliphatic rings. The topological polar surface area (TPSA) is 66.8 Å². The molecule has 0 bridgehead atoms. The molecule has 2 aromatic rings. The van der Waals surface area contributed by atoms with Crippen molar-refractivity contribution in [2.75, 3.05) is 11.5 Å². The van der Waals surface area contributed by atoms with E-state index in [1.54, 1.807) is 31.2 Å². The first-order valence-electron chi connectivity index (χ1n) is 8.13. The molecule has 0 saturated carbocycles. The van der Waals surface area contributed by atoms with Crippen molar-refractivity contribution in [3.05, 3.63) is 59.2 Å². The lowest BCUT2D eigenvalue weighted by molar-refractivity contribution is -0.153. The Morgan fingerprint density at radius 1 is 1.22 bits per heavy atom. The lowest BCUT2D eigenvalue weighted by atomic mass is 10.0. The van der Waals surface area contributed by atoms with Crippen LogP contribution in [0.25, 0.3) is 0 Å². The number of rotatable bonds is 5. The highest BCUT2D eigenvalue weighted by atomic mass is 19.4. The summed E-state index contributed by atoms with van der Waals surface area (Å²) in [5, 5.41) is 9.05. The van der Waals surface area contributed by atoms with E-state index in [4.69, 9.17) is 9.84 Å². The Labute approximate surface area is 153 Å². The largest absolute Gasteiger partial charge is 0.484 e. The third-order valence-electron chi connectivity index (χ3n) is 4.36. The maximum atomic E-state index is 12.6. The second kappa shape index (κ2) is 6.94. The number of fused-ring (bicyclic) bond motifs is 1. The average molecular weight is 379 g/mol. The molecule has 1 unspecified atom stereocenters. The first kappa shape index (κ1) is 18.8. The van der Waals surface area contributed by atoms with Gasteiger partial charge in [-0.3, -0.25) is 9.59 Å². The zero-order valence-electron chi connectivity index (χ0n) is 14.3. The van der Waals surface area contributed by atoms with Crippen molar-refractivity contribution < 1.29 is 32.6 Å². The minimum Gasteiger partial charge on any atom is -0.484 e. The second-order valence-electron chi connectivity index (χ2n) is 6.27. The monoisotopic (exact) mass is 379 g/mol. The predicted octanol–water partition coefficient (Wildman–Crippen LogP) is 3.98. The summed E-state index contributed by atoms with van der Waals surface area (Å²) >= 11 is 0. The van der Waals surface area contributed by atoms with E-state index in [2.05, 4.69) is 0 Å². The normalized spacial score (nSPS) is 14.8. The number of alkyl halides is 3. The number of anilines is 1. The number of benzene rings is 2. The van der Waals surface area contributed by atoms with Crippen molar-refractivity contribution in [3.8, 4) is 5.75 Å². The Bertz CT molecular complexity index is 878. The first-order valence-corrected chi connectivity index (χ1v) is 8.13. The fourth-order valence-electron chi connectivity index (χ4n) is 2.85. The number of carboxylic acids is 1. The van der Waals surface area contributed by atoms with Gasteiger partial charge in [0, 0.05) is 11.3 Å². The van der Waals surface area contributed by atoms with E-state index in [1.165, 1.54) is 23.1 Å². The summed E-state index contributed by atoms with van der Waals surface area (Å²) in [6, 6.07) is 10.8. The maximum absolute atomic E-state index is 12.6. The van der Waals surface area contributed by atoms with Gasteiger partial charge in [-0.2, -0.15) is 13.2 Å². The summed E-state index contributed by atoms with van der Waals surface area (Å²) in [7, 11) is 0. The molecule has 0 aliphatic carbocycles. The van der Waals surface area contributed by atoms with Gasteiger partial charge < -0.3 is 14.7 Å². The van der Waals surface area contributed by atoms with Crippen LogP contribution < -0.4 is 9.64 Å². The molecule has 1 amide bonds. The van der Waals surface area contributed by atoms with Crippen LogP contribution in [-0.2, 0) is 11.3 Å². The Kier molecular flexibility index (Phi) is 4.82. The third kappa shape index (κ3) is 4.05. The van der Waals surface area contributed by atoms with E-state index in [0.29, 0.717) is 22.4 Å². The molecule has 0 fully saturated rings. The van der Waals surface area contributed by atoms with Crippen LogP contribution in [0.15, 0.2) is 42.5 Å². The minimum atomic E-state index is -4.43. The summed E-state index contributed by atoms with van der Waals surface area (Å²) < 4.78 is 41.6. The van der Waals surface area contributed by atoms with Crippen molar-refractivity contribution >= 4 is 17.6 Å². The Balaban J connectivity index is 1.77. The van der Waals surface area contributed by atoms with Gasteiger partial charge in [0.25, 0.3) is 5.91 Å². The molecule has 5 nitrogen and oxygen atoms in total. The van der Waals surface area contributed by atoms with Crippen molar-refractivity contribution in [3.63, 3.8) is 0 Å². The zero-order valence-corrected chi connectivity index (χ0v) is 14.3. The van der Waals surface area contributed by atoms with Gasteiger partial charge in [0.15, 0.2) is 6.61 Å². The van der Waals surface area contributed by atoms with Crippen molar-refractivity contribution in [1.29, 1.82) is 0 Å². The summed E-state index contributed by atoms with van der Waals surface area (Å²) in [6.45, 7) is 0.370. The first-order chi connectivity index (χ1) is 12.7. The number of hydrogen-bond donors (Lipinski definition) is 1. The Morgan fingerprint density at radius 3 is 2.48 bits per heavy atom. The molecule has 0 aromatic heterocycles. The summed E-state index contributed by atoms with van der Waals surface area (Å²) in [5.74, 6) is -1.84. The Morgan fingerprint density at radius 2 is 1.89 bits per heavy atom. The van der Waals surface area contributed by atoms with E-state index < -0.39 is 24.7 Å². The molecular weight excluding hydrogens is 363 g/mol. The fraction of sp³-hybridized carbons (Fsp3) is 0.263. The molecule has 1 heterocycles. The standard InChI is InChI=1S/C19H16F3NO4/c1-11(18(25)26)12-2-4-14(5-3-12)23-9-13-8-15(27-10-19(20,21)22)6-7-16(13)17(23)24/h2-8,11H,9-10H2,1H3,(H,25,26). The molecule has 1 atom stereocenters.